The molecule has 0 radical (unpaired) electrons. The lowest BCUT2D eigenvalue weighted by Gasteiger charge is -2.53. The Balaban J connectivity index is 1.18. The second kappa shape index (κ2) is 16.3. The number of fused-ring (bicyclic) bond motifs is 14. The number of anilines is 7. The number of hydrogen-bond acceptors (Lipinski definition) is 4. The highest BCUT2D eigenvalue weighted by Crippen LogP contribution is 2.65. The lowest BCUT2D eigenvalue weighted by molar-refractivity contribution is 0.194. The molecule has 79 heavy (non-hydrogen) atoms. The Morgan fingerprint density at radius 2 is 1.09 bits per heavy atom. The lowest BCUT2D eigenvalue weighted by atomic mass is 9.33. The van der Waals surface area contributed by atoms with Crippen molar-refractivity contribution in [3.8, 4) is 11.1 Å². The van der Waals surface area contributed by atoms with Crippen LogP contribution < -0.4 is 31.1 Å². The van der Waals surface area contributed by atoms with Gasteiger partial charge in [-0.05, 0) is 171 Å². The summed E-state index contributed by atoms with van der Waals surface area (Å²) in [6.45, 7) is 37.2. The Labute approximate surface area is 477 Å². The molecule has 1 aromatic heterocycles. The van der Waals surface area contributed by atoms with E-state index in [2.05, 4.69) is 229 Å². The van der Waals surface area contributed by atoms with Crippen molar-refractivity contribution >= 4 is 84.9 Å². The van der Waals surface area contributed by atoms with Gasteiger partial charge in [0.15, 0.2) is 0 Å². The fraction of sp³-hybridized carbons (Fsp3) is 0.432. The Bertz CT molecular complexity index is 4070. The molecule has 4 atom stereocenters. The van der Waals surface area contributed by atoms with E-state index in [0.717, 1.165) is 112 Å². The molecule has 8 aromatic rings. The van der Waals surface area contributed by atoms with Crippen LogP contribution in [-0.2, 0) is 32.5 Å². The zero-order chi connectivity index (χ0) is 58.1. The van der Waals surface area contributed by atoms with Gasteiger partial charge in [-0.25, -0.2) is 0 Å². The van der Waals surface area contributed by atoms with E-state index in [1.807, 2.05) is 0 Å². The average molecular weight is 1050 g/mol. The van der Waals surface area contributed by atoms with Crippen molar-refractivity contribution in [2.45, 2.75) is 206 Å². The fourth-order valence-electron chi connectivity index (χ4n) is 16.2. The molecular formula is C74H84BN3O. The molecule has 4 unspecified atom stereocenters. The van der Waals surface area contributed by atoms with E-state index in [4.69, 9.17) is 4.42 Å². The summed E-state index contributed by atoms with van der Waals surface area (Å²) >= 11 is 0. The van der Waals surface area contributed by atoms with Gasteiger partial charge in [-0.3, -0.25) is 0 Å². The van der Waals surface area contributed by atoms with E-state index in [1.54, 1.807) is 0 Å². The van der Waals surface area contributed by atoms with Crippen LogP contribution in [0.2, 0.25) is 0 Å². The minimum atomic E-state index is -0.497. The van der Waals surface area contributed by atoms with Crippen molar-refractivity contribution in [1.82, 2.24) is 0 Å². The highest BCUT2D eigenvalue weighted by Gasteiger charge is 2.63. The Morgan fingerprint density at radius 1 is 0.494 bits per heavy atom. The second-order valence-corrected chi connectivity index (χ2v) is 30.2. The van der Waals surface area contributed by atoms with E-state index in [0.29, 0.717) is 11.6 Å². The normalized spacial score (nSPS) is 24.7. The quantitative estimate of drug-likeness (QED) is 0.165. The first-order valence-electron chi connectivity index (χ1n) is 31.6. The molecule has 7 aromatic carbocycles. The van der Waals surface area contributed by atoms with Crippen molar-refractivity contribution in [2.24, 2.45) is 0 Å². The molecule has 4 nitrogen and oxygen atoms in total. The molecular weight excluding hydrogens is 958 g/mol. The van der Waals surface area contributed by atoms with E-state index in [9.17, 15) is 4.11 Å². The lowest BCUT2D eigenvalue weighted by Crippen LogP contribution is -2.64. The number of hydrogen-bond donors (Lipinski definition) is 0. The number of nitrogens with zero attached hydrogens (tertiary/aromatic N) is 3. The van der Waals surface area contributed by atoms with E-state index >= 15 is 0 Å². The monoisotopic (exact) mass is 1040 g/mol. The van der Waals surface area contributed by atoms with Gasteiger partial charge in [0.1, 0.15) is 11.2 Å². The topological polar surface area (TPSA) is 22.9 Å². The van der Waals surface area contributed by atoms with Gasteiger partial charge in [-0.1, -0.05) is 189 Å². The van der Waals surface area contributed by atoms with Crippen LogP contribution in [-0.4, -0.2) is 17.8 Å². The van der Waals surface area contributed by atoms with Gasteiger partial charge in [-0.2, -0.15) is 0 Å². The summed E-state index contributed by atoms with van der Waals surface area (Å²) in [5, 5.41) is 2.29. The molecule has 0 spiro atoms. The maximum atomic E-state index is 10.3. The summed E-state index contributed by atoms with van der Waals surface area (Å²) in [5.74, 6) is 0. The SMILES string of the molecule is [2H]c1c([2H])c(C(C)(C)C)c([2H])c2c1N(c1cc3c4c(c1)N1c5c(cc(C(C)(C)C)cc5C5(C)CCCCC15C)B4c1c(ccc4c1oc1ccc(C(C)(C)C)cc14)N3c1ccc(C(C)(C)C)cc1-c1ccccc1)C1(C)CCCCC21C. The van der Waals surface area contributed by atoms with Crippen LogP contribution in [0.1, 0.15) is 200 Å². The summed E-state index contributed by atoms with van der Waals surface area (Å²) in [5.41, 5.74) is 20.6. The van der Waals surface area contributed by atoms with Crippen LogP contribution in [0.15, 0.2) is 126 Å². The Hall–Kier alpha value is -6.20. The summed E-state index contributed by atoms with van der Waals surface area (Å²) in [7, 11) is 0. The van der Waals surface area contributed by atoms with Crippen molar-refractivity contribution in [3.05, 3.63) is 155 Å². The van der Waals surface area contributed by atoms with Gasteiger partial charge in [-0.15, -0.1) is 0 Å². The van der Waals surface area contributed by atoms with Crippen molar-refractivity contribution in [1.29, 1.82) is 0 Å². The summed E-state index contributed by atoms with van der Waals surface area (Å²) in [4.78, 5) is 8.00. The molecule has 404 valence electrons. The highest BCUT2D eigenvalue weighted by molar-refractivity contribution is 7.01. The third-order valence-electron chi connectivity index (χ3n) is 21.4. The minimum absolute atomic E-state index is 0.0484. The molecule has 0 saturated heterocycles. The summed E-state index contributed by atoms with van der Waals surface area (Å²) in [6.07, 6.45) is 8.44. The summed E-state index contributed by atoms with van der Waals surface area (Å²) < 4.78 is 38.1. The molecule has 6 aliphatic rings. The molecule has 0 bridgehead atoms. The largest absolute Gasteiger partial charge is 0.457 e. The molecule has 2 aliphatic carbocycles. The second-order valence-electron chi connectivity index (χ2n) is 30.2. The van der Waals surface area contributed by atoms with Gasteiger partial charge in [0, 0.05) is 61.3 Å². The van der Waals surface area contributed by atoms with Gasteiger partial charge in [0.25, 0.3) is 6.71 Å². The van der Waals surface area contributed by atoms with Crippen LogP contribution in [0.5, 0.6) is 0 Å². The summed E-state index contributed by atoms with van der Waals surface area (Å²) in [6, 6.07) is 40.9. The first kappa shape index (κ1) is 47.6. The Morgan fingerprint density at radius 3 is 1.76 bits per heavy atom. The molecule has 5 heterocycles. The van der Waals surface area contributed by atoms with Crippen molar-refractivity contribution in [3.63, 3.8) is 0 Å². The first-order chi connectivity index (χ1) is 38.4. The minimum Gasteiger partial charge on any atom is -0.457 e. The van der Waals surface area contributed by atoms with Crippen LogP contribution in [0.3, 0.4) is 0 Å². The van der Waals surface area contributed by atoms with E-state index < -0.39 is 16.4 Å². The van der Waals surface area contributed by atoms with Crippen LogP contribution in [0.4, 0.5) is 39.8 Å². The number of furan rings is 1. The van der Waals surface area contributed by atoms with Crippen molar-refractivity contribution in [2.75, 3.05) is 14.7 Å². The smallest absolute Gasteiger partial charge is 0.257 e. The fourth-order valence-corrected chi connectivity index (χ4v) is 16.2. The van der Waals surface area contributed by atoms with Gasteiger partial charge < -0.3 is 19.1 Å². The zero-order valence-corrected chi connectivity index (χ0v) is 50.3. The average Bonchev–Trinajstić information content (AvgIpc) is 1.95. The molecule has 14 rings (SSSR count). The number of rotatable bonds is 3. The molecule has 2 saturated carbocycles. The maximum absolute atomic E-state index is 10.3. The molecule has 2 fully saturated rings. The van der Waals surface area contributed by atoms with Gasteiger partial charge in [0.05, 0.1) is 20.9 Å². The van der Waals surface area contributed by atoms with Crippen LogP contribution >= 0.6 is 0 Å². The third kappa shape index (κ3) is 6.86. The highest BCUT2D eigenvalue weighted by atomic mass is 16.3. The molecule has 4 aliphatic heterocycles. The van der Waals surface area contributed by atoms with Gasteiger partial charge >= 0.3 is 0 Å². The first-order valence-corrected chi connectivity index (χ1v) is 30.1. The van der Waals surface area contributed by atoms with Gasteiger partial charge in [0.2, 0.25) is 0 Å². The molecule has 0 N–H and O–H groups in total. The predicted octanol–water partition coefficient (Wildman–Crippen LogP) is 18.5. The predicted molar refractivity (Wildman–Crippen MR) is 339 cm³/mol. The Kier molecular flexibility index (Phi) is 9.80. The van der Waals surface area contributed by atoms with Crippen LogP contribution in [0.25, 0.3) is 33.1 Å². The van der Waals surface area contributed by atoms with Crippen LogP contribution in [0, 0.1) is 0 Å². The molecule has 0 amide bonds. The number of benzene rings is 7. The van der Waals surface area contributed by atoms with Crippen molar-refractivity contribution < 1.29 is 8.53 Å². The molecule has 5 heteroatoms. The van der Waals surface area contributed by atoms with E-state index in [1.165, 1.54) is 56.4 Å². The maximum Gasteiger partial charge on any atom is 0.257 e. The van der Waals surface area contributed by atoms with E-state index in [-0.39, 0.29) is 46.0 Å². The zero-order valence-electron chi connectivity index (χ0n) is 53.3. The standard InChI is InChI=1S/C74H84BN3O/c1-67(2,3)46-26-30-57(52(38-46)45-24-18-17-19-25-45)76-59-32-29-51-53-39-47(68(4,5)6)28-33-62(53)79-66(51)64(59)75-56-42-49(70(10,11)12)41-55-65(56)78(74(16)37-23-21-35-72(55,74)14)61-44-50(43-60(76)63(61)75)77-58-31-27-48(69(7,8)9)40-54(58)71(13)34-20-22-36-73(71,77)15/h17-19,24-33,38-44H,20-23,34-37H2,1-16H3/i27D,31D,40D. The third-order valence-corrected chi connectivity index (χ3v) is 21.4.